The average molecular weight is 437 g/mol. The summed E-state index contributed by atoms with van der Waals surface area (Å²) in [5.74, 6) is -2.92. The Kier molecular flexibility index (Phi) is 6.02. The maximum absolute atomic E-state index is 13.4. The van der Waals surface area contributed by atoms with Gasteiger partial charge in [-0.2, -0.15) is 0 Å². The molecule has 0 saturated carbocycles. The Balaban J connectivity index is 1.67. The van der Waals surface area contributed by atoms with E-state index in [9.17, 15) is 18.4 Å². The van der Waals surface area contributed by atoms with Gasteiger partial charge in [-0.3, -0.25) is 14.6 Å². The van der Waals surface area contributed by atoms with Crippen LogP contribution >= 0.6 is 0 Å². The number of carbonyl (C=O) groups is 2. The Morgan fingerprint density at radius 3 is 2.56 bits per heavy atom. The fourth-order valence-electron chi connectivity index (χ4n) is 4.11. The van der Waals surface area contributed by atoms with Crippen LogP contribution in [-0.4, -0.2) is 60.1 Å². The molecule has 0 atom stereocenters. The highest BCUT2D eigenvalue weighted by Crippen LogP contribution is 2.31. The van der Waals surface area contributed by atoms with Crippen LogP contribution in [-0.2, 0) is 6.54 Å². The van der Waals surface area contributed by atoms with E-state index in [4.69, 9.17) is 0 Å². The van der Waals surface area contributed by atoms with Crippen LogP contribution in [0.2, 0.25) is 0 Å². The number of likely N-dealkylation sites (tertiary alicyclic amines) is 1. The third-order valence-corrected chi connectivity index (χ3v) is 5.82. The second-order valence-electron chi connectivity index (χ2n) is 8.51. The third-order valence-electron chi connectivity index (χ3n) is 5.82. The summed E-state index contributed by atoms with van der Waals surface area (Å²) in [6.07, 6.45) is 1.94. The van der Waals surface area contributed by atoms with Crippen LogP contribution in [0.15, 0.2) is 48.7 Å². The second-order valence-corrected chi connectivity index (χ2v) is 8.51. The lowest BCUT2D eigenvalue weighted by Gasteiger charge is -2.31. The van der Waals surface area contributed by atoms with Crippen molar-refractivity contribution in [1.29, 1.82) is 0 Å². The molecular formula is C25H25F2N3O2. The van der Waals surface area contributed by atoms with E-state index in [0.717, 1.165) is 33.9 Å². The van der Waals surface area contributed by atoms with Crippen molar-refractivity contribution in [2.45, 2.75) is 25.3 Å². The molecule has 0 radical (unpaired) electrons. The van der Waals surface area contributed by atoms with Crippen LogP contribution in [0.25, 0.3) is 22.0 Å². The van der Waals surface area contributed by atoms with E-state index in [1.165, 1.54) is 4.90 Å². The van der Waals surface area contributed by atoms with Gasteiger partial charge in [0.15, 0.2) is 0 Å². The number of nitrogens with zero attached hydrogens (tertiary/aromatic N) is 3. The molecule has 2 heterocycles. The fourth-order valence-corrected chi connectivity index (χ4v) is 4.11. The highest BCUT2D eigenvalue weighted by Gasteiger charge is 2.35. The second kappa shape index (κ2) is 8.74. The predicted molar refractivity (Wildman–Crippen MR) is 120 cm³/mol. The van der Waals surface area contributed by atoms with Crippen LogP contribution in [0.1, 0.15) is 39.1 Å². The molecule has 0 bridgehead atoms. The minimum absolute atomic E-state index is 0.0587. The first kappa shape index (κ1) is 22.0. The summed E-state index contributed by atoms with van der Waals surface area (Å²) < 4.78 is 26.9. The Morgan fingerprint density at radius 1 is 1.12 bits per heavy atom. The molecule has 0 unspecified atom stereocenters. The topological polar surface area (TPSA) is 53.5 Å². The molecule has 1 amide bonds. The van der Waals surface area contributed by atoms with Gasteiger partial charge in [-0.15, -0.1) is 0 Å². The van der Waals surface area contributed by atoms with E-state index in [1.807, 2.05) is 43.3 Å². The number of amides is 1. The zero-order chi connectivity index (χ0) is 22.9. The SMILES string of the molecule is CN(C)Cc1cc(-c2nccc3cc(C(=O)N4CCC(F)(F)CC4)ccc23)ccc1C=O. The molecular weight excluding hydrogens is 412 g/mol. The molecule has 1 saturated heterocycles. The highest BCUT2D eigenvalue weighted by molar-refractivity contribution is 6.02. The zero-order valence-corrected chi connectivity index (χ0v) is 18.1. The number of pyridine rings is 1. The summed E-state index contributed by atoms with van der Waals surface area (Å²) >= 11 is 0. The number of piperidine rings is 1. The molecule has 0 N–H and O–H groups in total. The van der Waals surface area contributed by atoms with Gasteiger partial charge in [-0.05, 0) is 49.3 Å². The molecule has 0 aliphatic carbocycles. The lowest BCUT2D eigenvalue weighted by atomic mass is 9.98. The van der Waals surface area contributed by atoms with Gasteiger partial charge in [-0.25, -0.2) is 8.78 Å². The molecule has 1 aliphatic heterocycles. The van der Waals surface area contributed by atoms with Gasteiger partial charge in [0, 0.05) is 60.7 Å². The molecule has 5 nitrogen and oxygen atoms in total. The minimum atomic E-state index is -2.69. The number of benzene rings is 2. The van der Waals surface area contributed by atoms with Crippen molar-refractivity contribution in [3.05, 3.63) is 65.4 Å². The molecule has 1 fully saturated rings. The fraction of sp³-hybridized carbons (Fsp3) is 0.320. The summed E-state index contributed by atoms with van der Waals surface area (Å²) in [6.45, 7) is 0.743. The van der Waals surface area contributed by atoms with Gasteiger partial charge in [0.05, 0.1) is 5.69 Å². The zero-order valence-electron chi connectivity index (χ0n) is 18.1. The largest absolute Gasteiger partial charge is 0.338 e. The van der Waals surface area contributed by atoms with Gasteiger partial charge in [-0.1, -0.05) is 18.2 Å². The summed E-state index contributed by atoms with van der Waals surface area (Å²) in [4.78, 5) is 32.3. The van der Waals surface area contributed by atoms with E-state index in [2.05, 4.69) is 4.98 Å². The molecule has 1 aliphatic rings. The molecule has 32 heavy (non-hydrogen) atoms. The maximum atomic E-state index is 13.4. The number of rotatable bonds is 5. The standard InChI is InChI=1S/C25H25F2N3O2/c1-29(2)15-21-14-18(3-4-20(21)16-31)23-22-6-5-19(13-17(22)7-10-28-23)24(32)30-11-8-25(26,27)9-12-30/h3-7,10,13-14,16H,8-9,11-12,15H2,1-2H3. The van der Waals surface area contributed by atoms with Gasteiger partial charge in [0.25, 0.3) is 11.8 Å². The van der Waals surface area contributed by atoms with Crippen LogP contribution in [0.4, 0.5) is 8.78 Å². The van der Waals surface area contributed by atoms with Crippen molar-refractivity contribution < 1.29 is 18.4 Å². The smallest absolute Gasteiger partial charge is 0.253 e. The monoisotopic (exact) mass is 437 g/mol. The number of aromatic nitrogens is 1. The first-order valence-corrected chi connectivity index (χ1v) is 10.6. The summed E-state index contributed by atoms with van der Waals surface area (Å²) in [5.41, 5.74) is 3.68. The molecule has 3 aromatic rings. The summed E-state index contributed by atoms with van der Waals surface area (Å²) in [7, 11) is 3.89. The van der Waals surface area contributed by atoms with Crippen molar-refractivity contribution in [2.24, 2.45) is 0 Å². The first-order chi connectivity index (χ1) is 15.3. The van der Waals surface area contributed by atoms with Crippen LogP contribution in [0.5, 0.6) is 0 Å². The number of hydrogen-bond donors (Lipinski definition) is 0. The van der Waals surface area contributed by atoms with E-state index in [0.29, 0.717) is 17.7 Å². The molecule has 4 rings (SSSR count). The lowest BCUT2D eigenvalue weighted by molar-refractivity contribution is -0.0494. The maximum Gasteiger partial charge on any atom is 0.253 e. The van der Waals surface area contributed by atoms with Crippen molar-refractivity contribution in [3.63, 3.8) is 0 Å². The van der Waals surface area contributed by atoms with E-state index in [1.54, 1.807) is 24.4 Å². The van der Waals surface area contributed by atoms with Crippen molar-refractivity contribution in [2.75, 3.05) is 27.2 Å². The van der Waals surface area contributed by atoms with Crippen LogP contribution < -0.4 is 0 Å². The van der Waals surface area contributed by atoms with Crippen molar-refractivity contribution in [1.82, 2.24) is 14.8 Å². The molecule has 0 spiro atoms. The van der Waals surface area contributed by atoms with Gasteiger partial charge in [0.2, 0.25) is 0 Å². The number of alkyl halides is 2. The van der Waals surface area contributed by atoms with E-state index >= 15 is 0 Å². The first-order valence-electron chi connectivity index (χ1n) is 10.6. The minimum Gasteiger partial charge on any atom is -0.338 e. The van der Waals surface area contributed by atoms with Crippen LogP contribution in [0, 0.1) is 0 Å². The van der Waals surface area contributed by atoms with E-state index in [-0.39, 0.29) is 31.8 Å². The van der Waals surface area contributed by atoms with Crippen LogP contribution in [0.3, 0.4) is 0 Å². The number of fused-ring (bicyclic) bond motifs is 1. The number of hydrogen-bond acceptors (Lipinski definition) is 4. The number of halogens is 2. The number of aldehydes is 1. The Labute approximate surface area is 185 Å². The Morgan fingerprint density at radius 2 is 1.88 bits per heavy atom. The van der Waals surface area contributed by atoms with Gasteiger partial charge >= 0.3 is 0 Å². The van der Waals surface area contributed by atoms with E-state index < -0.39 is 5.92 Å². The Hall–Kier alpha value is -3.19. The molecule has 7 heteroatoms. The molecule has 166 valence electrons. The number of carbonyl (C=O) groups excluding carboxylic acids is 2. The molecule has 2 aromatic carbocycles. The molecule has 1 aromatic heterocycles. The quantitative estimate of drug-likeness (QED) is 0.546. The average Bonchev–Trinajstić information content (AvgIpc) is 2.77. The van der Waals surface area contributed by atoms with Crippen molar-refractivity contribution >= 4 is 23.0 Å². The lowest BCUT2D eigenvalue weighted by Crippen LogP contribution is -2.42. The summed E-state index contributed by atoms with van der Waals surface area (Å²) in [5, 5.41) is 1.72. The highest BCUT2D eigenvalue weighted by atomic mass is 19.3. The van der Waals surface area contributed by atoms with Gasteiger partial charge in [0.1, 0.15) is 6.29 Å². The predicted octanol–water partition coefficient (Wildman–Crippen LogP) is 4.65. The normalized spacial score (nSPS) is 15.8. The summed E-state index contributed by atoms with van der Waals surface area (Å²) in [6, 6.07) is 12.8. The third kappa shape index (κ3) is 4.53. The van der Waals surface area contributed by atoms with Gasteiger partial charge < -0.3 is 9.80 Å². The Bertz CT molecular complexity index is 1170. The van der Waals surface area contributed by atoms with Crippen molar-refractivity contribution in [3.8, 4) is 11.3 Å².